The average Bonchev–Trinajstić information content (AvgIpc) is 2.62. The van der Waals surface area contributed by atoms with E-state index >= 15 is 0 Å². The predicted octanol–water partition coefficient (Wildman–Crippen LogP) is 3.20. The second-order valence-corrected chi connectivity index (χ2v) is 8.93. The molecule has 0 radical (unpaired) electrons. The van der Waals surface area contributed by atoms with Crippen molar-refractivity contribution >= 4 is 33.3 Å². The summed E-state index contributed by atoms with van der Waals surface area (Å²) in [5.41, 5.74) is 0.511. The summed E-state index contributed by atoms with van der Waals surface area (Å²) in [4.78, 5) is 13.6. The Bertz CT molecular complexity index is 754. The molecule has 0 spiro atoms. The molecule has 2 fully saturated rings. The van der Waals surface area contributed by atoms with Gasteiger partial charge in [0.1, 0.15) is 4.90 Å². The van der Waals surface area contributed by atoms with Crippen molar-refractivity contribution in [1.82, 2.24) is 4.31 Å². The summed E-state index contributed by atoms with van der Waals surface area (Å²) in [6.45, 7) is 2.42. The molecule has 3 rings (SSSR count). The van der Waals surface area contributed by atoms with Crippen molar-refractivity contribution in [1.29, 1.82) is 0 Å². The summed E-state index contributed by atoms with van der Waals surface area (Å²) in [6.07, 6.45) is 5.74. The van der Waals surface area contributed by atoms with Gasteiger partial charge in [-0.1, -0.05) is 18.0 Å². The van der Waals surface area contributed by atoms with Crippen LogP contribution in [0.4, 0.5) is 5.69 Å². The minimum atomic E-state index is -3.78. The third-order valence-electron chi connectivity index (χ3n) is 4.91. The number of hydrogen-bond acceptors (Lipinski definition) is 4. The molecule has 1 aromatic carbocycles. The zero-order chi connectivity index (χ0) is 18.0. The van der Waals surface area contributed by atoms with Gasteiger partial charge in [0.25, 0.3) is 0 Å². The maximum atomic E-state index is 12.9. The highest BCUT2D eigenvalue weighted by Gasteiger charge is 2.31. The first kappa shape index (κ1) is 18.5. The molecule has 0 amide bonds. The number of nitrogens with zero attached hydrogens (tertiary/aromatic N) is 2. The molecule has 0 aromatic heterocycles. The standard InChI is InChI=1S/C17H23ClN2O4S/c18-14-12-15(19-7-3-1-4-8-19)13(17(21)22)11-16(14)25(23,24)20-9-5-2-6-10-20/h11-12H,1-10H2,(H,21,22). The first-order valence-corrected chi connectivity index (χ1v) is 10.5. The van der Waals surface area contributed by atoms with Crippen molar-refractivity contribution in [3.63, 3.8) is 0 Å². The van der Waals surface area contributed by atoms with Crippen molar-refractivity contribution in [2.75, 3.05) is 31.1 Å². The summed E-state index contributed by atoms with van der Waals surface area (Å²) in [7, 11) is -3.78. The Morgan fingerprint density at radius 2 is 1.52 bits per heavy atom. The van der Waals surface area contributed by atoms with Crippen LogP contribution in [0.5, 0.6) is 0 Å². The van der Waals surface area contributed by atoms with Gasteiger partial charge in [0, 0.05) is 26.2 Å². The number of carbonyl (C=O) groups is 1. The van der Waals surface area contributed by atoms with E-state index in [1.807, 2.05) is 4.90 Å². The maximum Gasteiger partial charge on any atom is 0.337 e. The van der Waals surface area contributed by atoms with Gasteiger partial charge in [-0.25, -0.2) is 13.2 Å². The number of hydrogen-bond donors (Lipinski definition) is 1. The van der Waals surface area contributed by atoms with Crippen LogP contribution in [0.15, 0.2) is 17.0 Å². The number of rotatable bonds is 4. The fourth-order valence-corrected chi connectivity index (χ4v) is 5.59. The Labute approximate surface area is 153 Å². The molecule has 0 bridgehead atoms. The summed E-state index contributed by atoms with van der Waals surface area (Å²) in [6, 6.07) is 2.74. The Morgan fingerprint density at radius 1 is 0.960 bits per heavy atom. The molecule has 2 saturated heterocycles. The van der Waals surface area contributed by atoms with Gasteiger partial charge >= 0.3 is 5.97 Å². The smallest absolute Gasteiger partial charge is 0.337 e. The first-order chi connectivity index (χ1) is 11.9. The minimum Gasteiger partial charge on any atom is -0.478 e. The van der Waals surface area contributed by atoms with E-state index in [-0.39, 0.29) is 15.5 Å². The number of sulfonamides is 1. The number of carboxylic acid groups (broad SMARTS) is 1. The summed E-state index contributed by atoms with van der Waals surface area (Å²) in [5.74, 6) is -1.13. The Balaban J connectivity index is 2.03. The molecule has 8 heteroatoms. The normalized spacial score (nSPS) is 19.8. The molecule has 0 saturated carbocycles. The van der Waals surface area contributed by atoms with Crippen LogP contribution >= 0.6 is 11.6 Å². The Morgan fingerprint density at radius 3 is 2.08 bits per heavy atom. The van der Waals surface area contributed by atoms with Gasteiger partial charge < -0.3 is 10.0 Å². The van der Waals surface area contributed by atoms with Crippen LogP contribution in [-0.4, -0.2) is 50.0 Å². The van der Waals surface area contributed by atoms with E-state index in [1.54, 1.807) is 0 Å². The van der Waals surface area contributed by atoms with E-state index < -0.39 is 16.0 Å². The number of carboxylic acids is 1. The van der Waals surface area contributed by atoms with E-state index in [9.17, 15) is 18.3 Å². The van der Waals surface area contributed by atoms with Crippen molar-refractivity contribution < 1.29 is 18.3 Å². The number of aromatic carboxylic acids is 1. The van der Waals surface area contributed by atoms with Gasteiger partial charge in [0.15, 0.2) is 0 Å². The second-order valence-electron chi connectivity index (χ2n) is 6.62. The molecule has 2 heterocycles. The minimum absolute atomic E-state index is 0.00174. The highest BCUT2D eigenvalue weighted by Crippen LogP contribution is 2.34. The van der Waals surface area contributed by atoms with Crippen LogP contribution in [0.2, 0.25) is 5.02 Å². The molecular weight excluding hydrogens is 364 g/mol. The number of piperidine rings is 2. The van der Waals surface area contributed by atoms with Crippen LogP contribution in [0.1, 0.15) is 48.9 Å². The van der Waals surface area contributed by atoms with Crippen molar-refractivity contribution in [3.05, 3.63) is 22.7 Å². The van der Waals surface area contributed by atoms with Crippen LogP contribution in [0, 0.1) is 0 Å². The SMILES string of the molecule is O=C(O)c1cc(S(=O)(=O)N2CCCCC2)c(Cl)cc1N1CCCCC1. The van der Waals surface area contributed by atoms with Gasteiger partial charge in [-0.05, 0) is 44.2 Å². The monoisotopic (exact) mass is 386 g/mol. The highest BCUT2D eigenvalue weighted by atomic mass is 35.5. The van der Waals surface area contributed by atoms with E-state index in [4.69, 9.17) is 11.6 Å². The molecule has 2 aliphatic heterocycles. The quantitative estimate of drug-likeness (QED) is 0.859. The van der Waals surface area contributed by atoms with Crippen LogP contribution in [0.25, 0.3) is 0 Å². The second kappa shape index (κ2) is 7.51. The summed E-state index contributed by atoms with van der Waals surface area (Å²) >= 11 is 6.30. The first-order valence-electron chi connectivity index (χ1n) is 8.73. The maximum absolute atomic E-state index is 12.9. The number of halogens is 1. The molecule has 6 nitrogen and oxygen atoms in total. The van der Waals surface area contributed by atoms with E-state index in [2.05, 4.69) is 0 Å². The molecule has 1 aromatic rings. The molecule has 1 N–H and O–H groups in total. The number of benzene rings is 1. The summed E-state index contributed by atoms with van der Waals surface area (Å²) in [5, 5.41) is 9.70. The molecule has 0 aliphatic carbocycles. The zero-order valence-corrected chi connectivity index (χ0v) is 15.7. The van der Waals surface area contributed by atoms with Gasteiger partial charge in [0.2, 0.25) is 10.0 Å². The average molecular weight is 387 g/mol. The predicted molar refractivity (Wildman–Crippen MR) is 97.1 cm³/mol. The Kier molecular flexibility index (Phi) is 5.55. The summed E-state index contributed by atoms with van der Waals surface area (Å²) < 4.78 is 27.2. The van der Waals surface area contributed by atoms with Crippen molar-refractivity contribution in [2.24, 2.45) is 0 Å². The lowest BCUT2D eigenvalue weighted by atomic mass is 10.1. The van der Waals surface area contributed by atoms with Gasteiger partial charge in [-0.2, -0.15) is 4.31 Å². The Hall–Kier alpha value is -1.31. The molecule has 138 valence electrons. The van der Waals surface area contributed by atoms with Crippen LogP contribution in [0.3, 0.4) is 0 Å². The number of anilines is 1. The third-order valence-corrected chi connectivity index (χ3v) is 7.27. The highest BCUT2D eigenvalue weighted by molar-refractivity contribution is 7.89. The van der Waals surface area contributed by atoms with Crippen LogP contribution in [-0.2, 0) is 10.0 Å². The van der Waals surface area contributed by atoms with Crippen LogP contribution < -0.4 is 4.90 Å². The largest absolute Gasteiger partial charge is 0.478 e. The lowest BCUT2D eigenvalue weighted by Crippen LogP contribution is -2.36. The molecular formula is C17H23ClN2O4S. The third kappa shape index (κ3) is 3.78. The van der Waals surface area contributed by atoms with Crippen molar-refractivity contribution in [2.45, 2.75) is 43.4 Å². The topological polar surface area (TPSA) is 77.9 Å². The molecule has 25 heavy (non-hydrogen) atoms. The molecule has 0 atom stereocenters. The molecule has 2 aliphatic rings. The van der Waals surface area contributed by atoms with E-state index in [1.165, 1.54) is 16.4 Å². The fourth-order valence-electron chi connectivity index (χ4n) is 3.55. The zero-order valence-electron chi connectivity index (χ0n) is 14.1. The lowest BCUT2D eigenvalue weighted by molar-refractivity contribution is 0.0697. The van der Waals surface area contributed by atoms with Crippen molar-refractivity contribution in [3.8, 4) is 0 Å². The van der Waals surface area contributed by atoms with Gasteiger partial charge in [-0.15, -0.1) is 0 Å². The molecule has 0 unspecified atom stereocenters. The van der Waals surface area contributed by atoms with E-state index in [0.717, 1.165) is 51.6 Å². The van der Waals surface area contributed by atoms with Gasteiger partial charge in [0.05, 0.1) is 16.3 Å². The fraction of sp³-hybridized carbons (Fsp3) is 0.588. The van der Waals surface area contributed by atoms with E-state index in [0.29, 0.717) is 18.8 Å². The van der Waals surface area contributed by atoms with Gasteiger partial charge in [-0.3, -0.25) is 0 Å². The lowest BCUT2D eigenvalue weighted by Gasteiger charge is -2.31.